The van der Waals surface area contributed by atoms with Crippen molar-refractivity contribution in [2.45, 2.75) is 13.0 Å². The van der Waals surface area contributed by atoms with Crippen molar-refractivity contribution in [1.82, 2.24) is 20.0 Å². The van der Waals surface area contributed by atoms with E-state index in [1.165, 1.54) is 5.69 Å². The first-order valence-electron chi connectivity index (χ1n) is 10.7. The number of benzene rings is 2. The summed E-state index contributed by atoms with van der Waals surface area (Å²) in [4.78, 5) is 32.1. The van der Waals surface area contributed by atoms with E-state index in [0.717, 1.165) is 24.3 Å². The van der Waals surface area contributed by atoms with E-state index in [1.54, 1.807) is 4.90 Å². The van der Waals surface area contributed by atoms with Gasteiger partial charge in [0, 0.05) is 61.7 Å². The number of anilines is 1. The third-order valence-electron chi connectivity index (χ3n) is 6.13. The second kappa shape index (κ2) is 8.26. The molecule has 0 bridgehead atoms. The van der Waals surface area contributed by atoms with E-state index in [4.69, 9.17) is 0 Å². The second-order valence-electron chi connectivity index (χ2n) is 7.99. The van der Waals surface area contributed by atoms with E-state index in [1.807, 2.05) is 53.4 Å². The number of aromatic nitrogens is 2. The molecule has 7 heteroatoms. The summed E-state index contributed by atoms with van der Waals surface area (Å²) in [5.41, 5.74) is 4.12. The van der Waals surface area contributed by atoms with E-state index in [9.17, 15) is 9.59 Å². The molecule has 31 heavy (non-hydrogen) atoms. The summed E-state index contributed by atoms with van der Waals surface area (Å²) in [7, 11) is 0. The molecule has 0 atom stereocenters. The first-order valence-corrected chi connectivity index (χ1v) is 10.7. The molecule has 7 nitrogen and oxygen atoms in total. The SMILES string of the molecule is O=C(c1ccccc1)N1CCc2[nH]nc(C(=O)N3CCN(c4ccccc4)CC3)c2C1. The number of fused-ring (bicyclic) bond motifs is 1. The molecule has 0 radical (unpaired) electrons. The van der Waals surface area contributed by atoms with E-state index >= 15 is 0 Å². The summed E-state index contributed by atoms with van der Waals surface area (Å²) in [5, 5.41) is 7.38. The fraction of sp³-hybridized carbons (Fsp3) is 0.292. The van der Waals surface area contributed by atoms with E-state index in [2.05, 4.69) is 27.2 Å². The van der Waals surface area contributed by atoms with Crippen LogP contribution in [-0.4, -0.2) is 64.5 Å². The van der Waals surface area contributed by atoms with Crippen LogP contribution in [0.3, 0.4) is 0 Å². The van der Waals surface area contributed by atoms with Crippen molar-refractivity contribution in [2.75, 3.05) is 37.6 Å². The standard InChI is InChI=1S/C24H25N5O2/c30-23(18-7-3-1-4-8-18)29-12-11-21-20(17-29)22(26-25-21)24(31)28-15-13-27(14-16-28)19-9-5-2-6-10-19/h1-10H,11-17H2,(H,25,26). The number of H-pyrrole nitrogens is 1. The number of carbonyl (C=O) groups excluding carboxylic acids is 2. The number of hydrogen-bond donors (Lipinski definition) is 1. The molecule has 1 aromatic heterocycles. The zero-order valence-corrected chi connectivity index (χ0v) is 17.3. The van der Waals surface area contributed by atoms with Crippen molar-refractivity contribution in [1.29, 1.82) is 0 Å². The predicted molar refractivity (Wildman–Crippen MR) is 118 cm³/mol. The zero-order valence-electron chi connectivity index (χ0n) is 17.3. The van der Waals surface area contributed by atoms with E-state index in [-0.39, 0.29) is 11.8 Å². The lowest BCUT2D eigenvalue weighted by Crippen LogP contribution is -2.49. The molecule has 3 heterocycles. The van der Waals surface area contributed by atoms with Gasteiger partial charge >= 0.3 is 0 Å². The van der Waals surface area contributed by atoms with Gasteiger partial charge in [0.15, 0.2) is 5.69 Å². The van der Waals surface area contributed by atoms with Crippen LogP contribution in [0.25, 0.3) is 0 Å². The molecule has 2 aromatic carbocycles. The molecular weight excluding hydrogens is 390 g/mol. The Morgan fingerprint density at radius 3 is 2.16 bits per heavy atom. The minimum absolute atomic E-state index is 0.0117. The number of nitrogens with zero attached hydrogens (tertiary/aromatic N) is 4. The molecular formula is C24H25N5O2. The van der Waals surface area contributed by atoms with E-state index in [0.29, 0.717) is 43.9 Å². The first-order chi connectivity index (χ1) is 15.2. The predicted octanol–water partition coefficient (Wildman–Crippen LogP) is 2.57. The third kappa shape index (κ3) is 3.79. The van der Waals surface area contributed by atoms with Gasteiger partial charge < -0.3 is 14.7 Å². The number of aromatic amines is 1. The lowest BCUT2D eigenvalue weighted by Gasteiger charge is -2.36. The molecule has 1 saturated heterocycles. The summed E-state index contributed by atoms with van der Waals surface area (Å²) in [6.45, 7) is 3.92. The van der Waals surface area contributed by atoms with Gasteiger partial charge in [0.1, 0.15) is 0 Å². The first kappa shape index (κ1) is 19.4. The second-order valence-corrected chi connectivity index (χ2v) is 7.99. The van der Waals surface area contributed by atoms with Crippen LogP contribution >= 0.6 is 0 Å². The van der Waals surface area contributed by atoms with E-state index < -0.39 is 0 Å². The molecule has 0 aliphatic carbocycles. The highest BCUT2D eigenvalue weighted by atomic mass is 16.2. The Bertz CT molecular complexity index is 1070. The van der Waals surface area contributed by atoms with Crippen molar-refractivity contribution in [3.05, 3.63) is 83.2 Å². The van der Waals surface area contributed by atoms with Crippen LogP contribution in [0.2, 0.25) is 0 Å². The lowest BCUT2D eigenvalue weighted by molar-refractivity contribution is 0.0709. The zero-order chi connectivity index (χ0) is 21.2. The van der Waals surface area contributed by atoms with Gasteiger partial charge in [-0.3, -0.25) is 14.7 Å². The highest BCUT2D eigenvalue weighted by molar-refractivity contribution is 5.96. The Balaban J connectivity index is 1.28. The lowest BCUT2D eigenvalue weighted by atomic mass is 10.0. The van der Waals surface area contributed by atoms with Crippen molar-refractivity contribution in [2.24, 2.45) is 0 Å². The number of piperazine rings is 1. The van der Waals surface area contributed by atoms with Gasteiger partial charge in [-0.05, 0) is 24.3 Å². The molecule has 0 spiro atoms. The van der Waals surface area contributed by atoms with Crippen molar-refractivity contribution >= 4 is 17.5 Å². The van der Waals surface area contributed by atoms with Gasteiger partial charge in [-0.15, -0.1) is 0 Å². The minimum Gasteiger partial charge on any atom is -0.368 e. The van der Waals surface area contributed by atoms with Gasteiger partial charge in [-0.1, -0.05) is 36.4 Å². The van der Waals surface area contributed by atoms with Gasteiger partial charge in [-0.2, -0.15) is 5.10 Å². The fourth-order valence-corrected chi connectivity index (χ4v) is 4.36. The molecule has 2 aliphatic rings. The van der Waals surface area contributed by atoms with Crippen LogP contribution < -0.4 is 4.90 Å². The Morgan fingerprint density at radius 1 is 0.774 bits per heavy atom. The van der Waals surface area contributed by atoms with Crippen LogP contribution in [-0.2, 0) is 13.0 Å². The smallest absolute Gasteiger partial charge is 0.274 e. The number of nitrogens with one attached hydrogen (secondary N) is 1. The molecule has 2 amide bonds. The van der Waals surface area contributed by atoms with Crippen molar-refractivity contribution < 1.29 is 9.59 Å². The molecule has 158 valence electrons. The largest absolute Gasteiger partial charge is 0.368 e. The van der Waals surface area contributed by atoms with Crippen LogP contribution in [0, 0.1) is 0 Å². The Labute approximate surface area is 181 Å². The van der Waals surface area contributed by atoms with Crippen LogP contribution in [0.15, 0.2) is 60.7 Å². The maximum atomic E-state index is 13.2. The number of amides is 2. The highest BCUT2D eigenvalue weighted by Gasteiger charge is 2.31. The molecule has 2 aliphatic heterocycles. The molecule has 0 unspecified atom stereocenters. The Hall–Kier alpha value is -3.61. The van der Waals surface area contributed by atoms with Gasteiger partial charge in [0.2, 0.25) is 0 Å². The summed E-state index contributed by atoms with van der Waals surface area (Å²) in [6, 6.07) is 19.5. The topological polar surface area (TPSA) is 72.5 Å². The van der Waals surface area contributed by atoms with Crippen LogP contribution in [0.4, 0.5) is 5.69 Å². The average Bonchev–Trinajstić information content (AvgIpc) is 3.27. The van der Waals surface area contributed by atoms with Crippen LogP contribution in [0.5, 0.6) is 0 Å². The highest BCUT2D eigenvalue weighted by Crippen LogP contribution is 2.24. The summed E-state index contributed by atoms with van der Waals surface area (Å²) >= 11 is 0. The Kier molecular flexibility index (Phi) is 5.16. The maximum Gasteiger partial charge on any atom is 0.274 e. The fourth-order valence-electron chi connectivity index (χ4n) is 4.36. The minimum atomic E-state index is -0.0563. The third-order valence-corrected chi connectivity index (χ3v) is 6.13. The normalized spacial score (nSPS) is 16.2. The number of rotatable bonds is 3. The van der Waals surface area contributed by atoms with Crippen LogP contribution in [0.1, 0.15) is 32.1 Å². The number of para-hydroxylation sites is 1. The summed E-state index contributed by atoms with van der Waals surface area (Å²) in [5.74, 6) is -0.0680. The summed E-state index contributed by atoms with van der Waals surface area (Å²) < 4.78 is 0. The quantitative estimate of drug-likeness (QED) is 0.714. The van der Waals surface area contributed by atoms with Crippen molar-refractivity contribution in [3.8, 4) is 0 Å². The van der Waals surface area contributed by atoms with Gasteiger partial charge in [0.25, 0.3) is 11.8 Å². The van der Waals surface area contributed by atoms with Gasteiger partial charge in [-0.25, -0.2) is 0 Å². The van der Waals surface area contributed by atoms with Crippen molar-refractivity contribution in [3.63, 3.8) is 0 Å². The molecule has 1 fully saturated rings. The molecule has 3 aromatic rings. The number of carbonyl (C=O) groups is 2. The number of hydrogen-bond acceptors (Lipinski definition) is 4. The molecule has 5 rings (SSSR count). The Morgan fingerprint density at radius 2 is 1.45 bits per heavy atom. The van der Waals surface area contributed by atoms with Gasteiger partial charge in [0.05, 0.1) is 6.54 Å². The molecule has 0 saturated carbocycles. The summed E-state index contributed by atoms with van der Waals surface area (Å²) in [6.07, 6.45) is 0.677. The average molecular weight is 415 g/mol. The monoisotopic (exact) mass is 415 g/mol. The molecule has 1 N–H and O–H groups in total. The maximum absolute atomic E-state index is 13.2.